The zero-order valence-electron chi connectivity index (χ0n) is 16.1. The smallest absolute Gasteiger partial charge is 0.237 e. The van der Waals surface area contributed by atoms with E-state index in [4.69, 9.17) is 5.73 Å². The second-order valence-corrected chi connectivity index (χ2v) is 7.44. The fraction of sp³-hybridized carbons (Fsp3) is 0.611. The predicted molar refractivity (Wildman–Crippen MR) is 117 cm³/mol. The van der Waals surface area contributed by atoms with Gasteiger partial charge in [0.25, 0.3) is 0 Å². The molecule has 0 radical (unpaired) electrons. The lowest BCUT2D eigenvalue weighted by atomic mass is 9.87. The predicted octanol–water partition coefficient (Wildman–Crippen LogP) is 2.70. The second-order valence-electron chi connectivity index (χ2n) is 7.44. The molecule has 9 heteroatoms. The normalized spacial score (nSPS) is 15.7. The van der Waals surface area contributed by atoms with Crippen molar-refractivity contribution >= 4 is 48.8 Å². The third kappa shape index (κ3) is 8.83. The van der Waals surface area contributed by atoms with Crippen LogP contribution in [0, 0.1) is 11.2 Å². The molecule has 1 aliphatic rings. The molecule has 158 valence electrons. The van der Waals surface area contributed by atoms with Gasteiger partial charge in [-0.2, -0.15) is 0 Å². The molecule has 1 aromatic rings. The van der Waals surface area contributed by atoms with E-state index in [1.54, 1.807) is 0 Å². The number of amides is 1. The van der Waals surface area contributed by atoms with Gasteiger partial charge in [-0.15, -0.1) is 37.2 Å². The minimum absolute atomic E-state index is 0. The van der Waals surface area contributed by atoms with Crippen LogP contribution in [0.1, 0.15) is 20.8 Å². The van der Waals surface area contributed by atoms with Crippen molar-refractivity contribution in [2.24, 2.45) is 11.1 Å². The lowest BCUT2D eigenvalue weighted by Crippen LogP contribution is -2.52. The van der Waals surface area contributed by atoms with Crippen LogP contribution in [0.5, 0.6) is 0 Å². The molecule has 1 aromatic carbocycles. The molecule has 1 fully saturated rings. The van der Waals surface area contributed by atoms with E-state index >= 15 is 0 Å². The first-order valence-corrected chi connectivity index (χ1v) is 8.53. The highest BCUT2D eigenvalue weighted by atomic mass is 35.5. The molecule has 1 saturated heterocycles. The van der Waals surface area contributed by atoms with Gasteiger partial charge in [0.15, 0.2) is 0 Å². The zero-order valence-corrected chi connectivity index (χ0v) is 18.6. The van der Waals surface area contributed by atoms with Crippen LogP contribution in [0.25, 0.3) is 0 Å². The van der Waals surface area contributed by atoms with Gasteiger partial charge in [0.05, 0.1) is 6.04 Å². The van der Waals surface area contributed by atoms with Crippen LogP contribution in [0.15, 0.2) is 24.3 Å². The van der Waals surface area contributed by atoms with Crippen LogP contribution in [0.3, 0.4) is 0 Å². The van der Waals surface area contributed by atoms with E-state index in [2.05, 4.69) is 15.1 Å². The van der Waals surface area contributed by atoms with Crippen LogP contribution in [0.2, 0.25) is 0 Å². The van der Waals surface area contributed by atoms with E-state index in [0.29, 0.717) is 6.54 Å². The SMILES string of the molecule is CC(C)(C)[C@H](N)C(=O)NCCN1CCN(c2ccc(F)cc2)CC1.Cl.Cl.Cl. The van der Waals surface area contributed by atoms with Crippen molar-refractivity contribution in [1.82, 2.24) is 10.2 Å². The second kappa shape index (κ2) is 12.6. The number of anilines is 1. The van der Waals surface area contributed by atoms with Crippen LogP contribution >= 0.6 is 37.2 Å². The summed E-state index contributed by atoms with van der Waals surface area (Å²) in [7, 11) is 0. The maximum Gasteiger partial charge on any atom is 0.237 e. The maximum atomic E-state index is 13.0. The summed E-state index contributed by atoms with van der Waals surface area (Å²) in [6.07, 6.45) is 0. The first-order valence-electron chi connectivity index (χ1n) is 8.53. The van der Waals surface area contributed by atoms with Gasteiger partial charge in [-0.25, -0.2) is 4.39 Å². The Kier molecular flexibility index (Phi) is 13.3. The van der Waals surface area contributed by atoms with Crippen LogP contribution < -0.4 is 16.0 Å². The fourth-order valence-electron chi connectivity index (χ4n) is 2.72. The number of hydrogen-bond donors (Lipinski definition) is 2. The highest BCUT2D eigenvalue weighted by molar-refractivity contribution is 5.86. The van der Waals surface area contributed by atoms with Crippen molar-refractivity contribution in [3.8, 4) is 0 Å². The molecule has 1 amide bonds. The number of halogens is 4. The molecular weight excluding hydrogens is 414 g/mol. The number of carbonyl (C=O) groups excluding carboxylic acids is 1. The number of rotatable bonds is 5. The molecule has 0 saturated carbocycles. The molecule has 0 unspecified atom stereocenters. The summed E-state index contributed by atoms with van der Waals surface area (Å²) < 4.78 is 13.0. The van der Waals surface area contributed by atoms with E-state index < -0.39 is 6.04 Å². The van der Waals surface area contributed by atoms with Gasteiger partial charge in [0, 0.05) is 45.0 Å². The summed E-state index contributed by atoms with van der Waals surface area (Å²) in [5.74, 6) is -0.297. The molecule has 5 nitrogen and oxygen atoms in total. The molecule has 0 spiro atoms. The number of piperazine rings is 1. The largest absolute Gasteiger partial charge is 0.369 e. The molecule has 2 rings (SSSR count). The van der Waals surface area contributed by atoms with Gasteiger partial charge < -0.3 is 16.0 Å². The van der Waals surface area contributed by atoms with E-state index in [9.17, 15) is 9.18 Å². The fourth-order valence-corrected chi connectivity index (χ4v) is 2.72. The third-order valence-electron chi connectivity index (χ3n) is 4.51. The summed E-state index contributed by atoms with van der Waals surface area (Å²) in [4.78, 5) is 16.6. The Bertz CT molecular complexity index is 547. The monoisotopic (exact) mass is 444 g/mol. The van der Waals surface area contributed by atoms with Crippen molar-refractivity contribution in [3.05, 3.63) is 30.1 Å². The number of benzene rings is 1. The summed E-state index contributed by atoms with van der Waals surface area (Å²) >= 11 is 0. The van der Waals surface area contributed by atoms with Gasteiger partial charge in [-0.1, -0.05) is 20.8 Å². The summed E-state index contributed by atoms with van der Waals surface area (Å²) in [5.41, 5.74) is 6.77. The Hall–Kier alpha value is -0.790. The average molecular weight is 446 g/mol. The lowest BCUT2D eigenvalue weighted by Gasteiger charge is -2.36. The Labute approximate surface area is 180 Å². The van der Waals surface area contributed by atoms with Gasteiger partial charge in [0.1, 0.15) is 5.82 Å². The van der Waals surface area contributed by atoms with E-state index in [0.717, 1.165) is 38.4 Å². The molecule has 1 aliphatic heterocycles. The Morgan fingerprint density at radius 1 is 1.11 bits per heavy atom. The first-order chi connectivity index (χ1) is 11.3. The molecular formula is C18H32Cl3FN4O. The number of nitrogens with zero attached hydrogens (tertiary/aromatic N) is 2. The Morgan fingerprint density at radius 2 is 1.63 bits per heavy atom. The summed E-state index contributed by atoms with van der Waals surface area (Å²) in [6, 6.07) is 6.14. The number of carbonyl (C=O) groups is 1. The van der Waals surface area contributed by atoms with Crippen LogP contribution in [0.4, 0.5) is 10.1 Å². The number of hydrogen-bond acceptors (Lipinski definition) is 4. The van der Waals surface area contributed by atoms with Crippen LogP contribution in [-0.2, 0) is 4.79 Å². The molecule has 0 aromatic heterocycles. The number of nitrogens with one attached hydrogen (secondary N) is 1. The van der Waals surface area contributed by atoms with Crippen molar-refractivity contribution < 1.29 is 9.18 Å². The summed E-state index contributed by atoms with van der Waals surface area (Å²) in [5, 5.41) is 2.92. The average Bonchev–Trinajstić information content (AvgIpc) is 2.54. The topological polar surface area (TPSA) is 61.6 Å². The zero-order chi connectivity index (χ0) is 17.7. The van der Waals surface area contributed by atoms with E-state index in [1.165, 1.54) is 12.1 Å². The van der Waals surface area contributed by atoms with Crippen LogP contribution in [-0.4, -0.2) is 56.1 Å². The van der Waals surface area contributed by atoms with Gasteiger partial charge in [-0.05, 0) is 29.7 Å². The maximum absolute atomic E-state index is 13.0. The molecule has 1 heterocycles. The lowest BCUT2D eigenvalue weighted by molar-refractivity contribution is -0.124. The molecule has 27 heavy (non-hydrogen) atoms. The minimum Gasteiger partial charge on any atom is -0.369 e. The number of nitrogens with two attached hydrogens (primary N) is 1. The highest BCUT2D eigenvalue weighted by Crippen LogP contribution is 2.18. The van der Waals surface area contributed by atoms with Gasteiger partial charge >= 0.3 is 0 Å². The summed E-state index contributed by atoms with van der Waals surface area (Å²) in [6.45, 7) is 11.0. The van der Waals surface area contributed by atoms with Crippen molar-refractivity contribution in [3.63, 3.8) is 0 Å². The Balaban J connectivity index is 0. The quantitative estimate of drug-likeness (QED) is 0.731. The Morgan fingerprint density at radius 3 is 2.11 bits per heavy atom. The third-order valence-corrected chi connectivity index (χ3v) is 4.51. The molecule has 3 N–H and O–H groups in total. The van der Waals surface area contributed by atoms with Crippen molar-refractivity contribution in [2.75, 3.05) is 44.2 Å². The minimum atomic E-state index is -0.493. The van der Waals surface area contributed by atoms with E-state index in [-0.39, 0.29) is 54.4 Å². The van der Waals surface area contributed by atoms with Crippen molar-refractivity contribution in [2.45, 2.75) is 26.8 Å². The van der Waals surface area contributed by atoms with E-state index in [1.807, 2.05) is 32.9 Å². The van der Waals surface area contributed by atoms with Gasteiger partial charge in [-0.3, -0.25) is 9.69 Å². The van der Waals surface area contributed by atoms with Gasteiger partial charge in [0.2, 0.25) is 5.91 Å². The molecule has 1 atom stereocenters. The molecule has 0 bridgehead atoms. The van der Waals surface area contributed by atoms with Crippen molar-refractivity contribution in [1.29, 1.82) is 0 Å². The highest BCUT2D eigenvalue weighted by Gasteiger charge is 2.27. The molecule has 0 aliphatic carbocycles. The first kappa shape index (κ1) is 28.4. The standard InChI is InChI=1S/C18H29FN4O.3ClH/c1-18(2,3)16(20)17(24)21-8-9-22-10-12-23(13-11-22)15-6-4-14(19)5-7-15;;;/h4-7,16H,8-13,20H2,1-3H3,(H,21,24);3*1H/t16-;;;/m1.../s1.